The molecule has 1 aliphatic rings. The Hall–Kier alpha value is -2.15. The van der Waals surface area contributed by atoms with Crippen molar-refractivity contribution in [1.82, 2.24) is 9.78 Å². The number of esters is 1. The van der Waals surface area contributed by atoms with Crippen LogP contribution in [0.2, 0.25) is 0 Å². The molecule has 0 radical (unpaired) electrons. The number of aryl methyl sites for hydroxylation is 1. The number of carbonyl (C=O) groups is 2. The molecule has 140 valence electrons. The number of hydrogen-bond donors (Lipinski definition) is 1. The number of hydrogen-bond acceptors (Lipinski definition) is 5. The summed E-state index contributed by atoms with van der Waals surface area (Å²) in [6.45, 7) is 6.76. The summed E-state index contributed by atoms with van der Waals surface area (Å²) in [7, 11) is 3.09. The van der Waals surface area contributed by atoms with E-state index in [1.54, 1.807) is 19.3 Å². The van der Waals surface area contributed by atoms with Gasteiger partial charge in [-0.25, -0.2) is 4.79 Å². The van der Waals surface area contributed by atoms with Crippen molar-refractivity contribution in [2.75, 3.05) is 12.4 Å². The van der Waals surface area contributed by atoms with Gasteiger partial charge >= 0.3 is 5.97 Å². The van der Waals surface area contributed by atoms with Gasteiger partial charge in [-0.2, -0.15) is 5.10 Å². The summed E-state index contributed by atoms with van der Waals surface area (Å²) in [6.07, 6.45) is 4.37. The number of methoxy groups -OCH3 is 1. The number of ether oxygens (including phenoxy) is 1. The maximum absolute atomic E-state index is 12.6. The molecule has 0 bridgehead atoms. The molecule has 1 aliphatic carbocycles. The first-order valence-electron chi connectivity index (χ1n) is 8.74. The summed E-state index contributed by atoms with van der Waals surface area (Å²) in [5.41, 5.74) is 2.20. The molecule has 1 amide bonds. The fourth-order valence-electron chi connectivity index (χ4n) is 3.49. The minimum atomic E-state index is -0.392. The van der Waals surface area contributed by atoms with Crippen LogP contribution < -0.4 is 5.32 Å². The highest BCUT2D eigenvalue weighted by molar-refractivity contribution is 7.17. The summed E-state index contributed by atoms with van der Waals surface area (Å²) in [5.74, 6) is -0.113. The molecule has 0 aromatic carbocycles. The number of aromatic nitrogens is 2. The van der Waals surface area contributed by atoms with Gasteiger partial charge < -0.3 is 10.1 Å². The molecule has 1 N–H and O–H groups in total. The van der Waals surface area contributed by atoms with Crippen LogP contribution in [-0.4, -0.2) is 28.8 Å². The standard InChI is InChI=1S/C19H25N3O3S/c1-19(2,3)11-6-7-12-14(10-11)26-17(15(12)18(24)25-5)21-16(23)13-8-9-20-22(13)4/h8-9,11H,6-7,10H2,1-5H3,(H,21,23). The third kappa shape index (κ3) is 3.40. The van der Waals surface area contributed by atoms with E-state index in [-0.39, 0.29) is 11.3 Å². The predicted molar refractivity (Wildman–Crippen MR) is 102 cm³/mol. The first kappa shape index (κ1) is 18.6. The second-order valence-electron chi connectivity index (χ2n) is 7.80. The molecular weight excluding hydrogens is 350 g/mol. The van der Waals surface area contributed by atoms with E-state index in [2.05, 4.69) is 31.2 Å². The molecule has 26 heavy (non-hydrogen) atoms. The summed E-state index contributed by atoms with van der Waals surface area (Å²) in [6, 6.07) is 1.65. The molecule has 0 aliphatic heterocycles. The fourth-order valence-corrected chi connectivity index (χ4v) is 4.81. The van der Waals surface area contributed by atoms with E-state index in [0.29, 0.717) is 22.2 Å². The quantitative estimate of drug-likeness (QED) is 0.831. The normalized spacial score (nSPS) is 16.9. The smallest absolute Gasteiger partial charge is 0.341 e. The average molecular weight is 375 g/mol. The van der Waals surface area contributed by atoms with E-state index < -0.39 is 5.97 Å². The fraction of sp³-hybridized carbons (Fsp3) is 0.526. The minimum Gasteiger partial charge on any atom is -0.465 e. The van der Waals surface area contributed by atoms with Gasteiger partial charge in [0.25, 0.3) is 5.91 Å². The lowest BCUT2D eigenvalue weighted by molar-refractivity contribution is 0.0600. The van der Waals surface area contributed by atoms with Crippen LogP contribution in [0.15, 0.2) is 12.3 Å². The number of rotatable bonds is 3. The van der Waals surface area contributed by atoms with Gasteiger partial charge in [0.2, 0.25) is 0 Å². The number of carbonyl (C=O) groups excluding carboxylic acids is 2. The van der Waals surface area contributed by atoms with Gasteiger partial charge in [-0.05, 0) is 42.2 Å². The molecule has 0 saturated heterocycles. The topological polar surface area (TPSA) is 73.2 Å². The number of anilines is 1. The van der Waals surface area contributed by atoms with Crippen LogP contribution in [0, 0.1) is 11.3 Å². The predicted octanol–water partition coefficient (Wildman–Crippen LogP) is 3.67. The zero-order valence-electron chi connectivity index (χ0n) is 15.9. The first-order valence-corrected chi connectivity index (χ1v) is 9.56. The molecule has 3 rings (SSSR count). The Balaban J connectivity index is 1.95. The third-order valence-corrected chi connectivity index (χ3v) is 6.33. The number of thiophene rings is 1. The van der Waals surface area contributed by atoms with Gasteiger partial charge in [0, 0.05) is 18.1 Å². The Labute approximate surface area is 157 Å². The third-order valence-electron chi connectivity index (χ3n) is 5.16. The van der Waals surface area contributed by atoms with Crippen LogP contribution in [0.3, 0.4) is 0 Å². The molecule has 1 unspecified atom stereocenters. The molecule has 0 spiro atoms. The van der Waals surface area contributed by atoms with Gasteiger partial charge in [0.15, 0.2) is 0 Å². The second-order valence-corrected chi connectivity index (χ2v) is 8.90. The van der Waals surface area contributed by atoms with E-state index in [9.17, 15) is 9.59 Å². The van der Waals surface area contributed by atoms with Gasteiger partial charge in [-0.15, -0.1) is 11.3 Å². The van der Waals surface area contributed by atoms with Crippen molar-refractivity contribution in [3.8, 4) is 0 Å². The Bertz CT molecular complexity index is 845. The number of nitrogens with zero attached hydrogens (tertiary/aromatic N) is 2. The maximum atomic E-state index is 12.6. The Kier molecular flexibility index (Phi) is 4.92. The zero-order valence-corrected chi connectivity index (χ0v) is 16.7. The summed E-state index contributed by atoms with van der Waals surface area (Å²) in [4.78, 5) is 26.2. The van der Waals surface area contributed by atoms with E-state index in [4.69, 9.17) is 4.74 Å². The lowest BCUT2D eigenvalue weighted by atomic mass is 9.72. The lowest BCUT2D eigenvalue weighted by Gasteiger charge is -2.33. The van der Waals surface area contributed by atoms with Gasteiger partial charge in [-0.3, -0.25) is 9.48 Å². The summed E-state index contributed by atoms with van der Waals surface area (Å²) < 4.78 is 6.50. The maximum Gasteiger partial charge on any atom is 0.341 e. The molecule has 2 aromatic heterocycles. The van der Waals surface area contributed by atoms with Crippen molar-refractivity contribution in [3.05, 3.63) is 34.0 Å². The molecule has 2 aromatic rings. The highest BCUT2D eigenvalue weighted by Crippen LogP contribution is 2.44. The van der Waals surface area contributed by atoms with E-state index in [0.717, 1.165) is 24.8 Å². The molecular formula is C19H25N3O3S. The van der Waals surface area contributed by atoms with Crippen LogP contribution in [0.5, 0.6) is 0 Å². The van der Waals surface area contributed by atoms with Crippen LogP contribution in [-0.2, 0) is 24.6 Å². The van der Waals surface area contributed by atoms with E-state index in [1.807, 2.05) is 0 Å². The van der Waals surface area contributed by atoms with Crippen LogP contribution in [0.25, 0.3) is 0 Å². The summed E-state index contributed by atoms with van der Waals surface area (Å²) >= 11 is 1.49. The molecule has 2 heterocycles. The lowest BCUT2D eigenvalue weighted by Crippen LogP contribution is -2.26. The second kappa shape index (κ2) is 6.87. The first-order chi connectivity index (χ1) is 12.2. The van der Waals surface area contributed by atoms with Crippen molar-refractivity contribution < 1.29 is 14.3 Å². The number of fused-ring (bicyclic) bond motifs is 1. The minimum absolute atomic E-state index is 0.214. The summed E-state index contributed by atoms with van der Waals surface area (Å²) in [5, 5.41) is 7.49. The van der Waals surface area contributed by atoms with Crippen LogP contribution in [0.4, 0.5) is 5.00 Å². The van der Waals surface area contributed by atoms with Gasteiger partial charge in [-0.1, -0.05) is 20.8 Å². The number of nitrogens with one attached hydrogen (secondary N) is 1. The van der Waals surface area contributed by atoms with Crippen molar-refractivity contribution in [1.29, 1.82) is 0 Å². The van der Waals surface area contributed by atoms with Gasteiger partial charge in [0.05, 0.1) is 12.7 Å². The van der Waals surface area contributed by atoms with Crippen molar-refractivity contribution in [2.24, 2.45) is 18.4 Å². The van der Waals surface area contributed by atoms with Crippen molar-refractivity contribution in [2.45, 2.75) is 40.0 Å². The monoisotopic (exact) mass is 375 g/mol. The highest BCUT2D eigenvalue weighted by Gasteiger charge is 2.34. The Morgan fingerprint density at radius 2 is 2.12 bits per heavy atom. The SMILES string of the molecule is COC(=O)c1c(NC(=O)c2ccnn2C)sc2c1CCC(C(C)(C)C)C2. The molecule has 7 heteroatoms. The zero-order chi connectivity index (χ0) is 19.1. The number of amides is 1. The van der Waals surface area contributed by atoms with Crippen LogP contribution >= 0.6 is 11.3 Å². The van der Waals surface area contributed by atoms with Crippen LogP contribution in [0.1, 0.15) is 58.5 Å². The molecule has 0 saturated carbocycles. The largest absolute Gasteiger partial charge is 0.465 e. The van der Waals surface area contributed by atoms with E-state index >= 15 is 0 Å². The van der Waals surface area contributed by atoms with Crippen molar-refractivity contribution >= 4 is 28.2 Å². The molecule has 0 fully saturated rings. The Morgan fingerprint density at radius 1 is 1.38 bits per heavy atom. The van der Waals surface area contributed by atoms with E-state index in [1.165, 1.54) is 28.0 Å². The van der Waals surface area contributed by atoms with Crippen molar-refractivity contribution in [3.63, 3.8) is 0 Å². The van der Waals surface area contributed by atoms with Gasteiger partial charge in [0.1, 0.15) is 10.7 Å². The molecule has 1 atom stereocenters. The Morgan fingerprint density at radius 3 is 2.69 bits per heavy atom. The highest BCUT2D eigenvalue weighted by atomic mass is 32.1. The average Bonchev–Trinajstić information content (AvgIpc) is 3.15. The molecule has 6 nitrogen and oxygen atoms in total.